The number of carbonyl (C=O) groups is 1. The van der Waals surface area contributed by atoms with E-state index in [0.29, 0.717) is 42.3 Å². The summed E-state index contributed by atoms with van der Waals surface area (Å²) in [4.78, 5) is 13.9. The Kier molecular flexibility index (Phi) is 5.20. The van der Waals surface area contributed by atoms with Gasteiger partial charge in [0.15, 0.2) is 0 Å². The molecule has 3 rings (SSSR count). The Balaban J connectivity index is 1.76. The highest BCUT2D eigenvalue weighted by Crippen LogP contribution is 2.37. The molecule has 4 N–H and O–H groups in total. The molecule has 1 aliphatic rings. The minimum Gasteiger partial charge on any atom is -0.398 e. The maximum atomic E-state index is 12.6. The van der Waals surface area contributed by atoms with Gasteiger partial charge in [-0.25, -0.2) is 0 Å². The zero-order chi connectivity index (χ0) is 17.9. The lowest BCUT2D eigenvalue weighted by Gasteiger charge is -2.36. The molecule has 1 saturated heterocycles. The van der Waals surface area contributed by atoms with E-state index in [9.17, 15) is 4.79 Å². The summed E-state index contributed by atoms with van der Waals surface area (Å²) in [6.07, 6.45) is 1.81. The van der Waals surface area contributed by atoms with Gasteiger partial charge in [0.1, 0.15) is 0 Å². The molecule has 0 unspecified atom stereocenters. The van der Waals surface area contributed by atoms with Gasteiger partial charge in [-0.15, -0.1) is 11.3 Å². The van der Waals surface area contributed by atoms with Crippen LogP contribution in [0.5, 0.6) is 0 Å². The standard InChI is InChI=1S/C19H23N3O2S/c1-13(20)15-11-14(4-5-16(15)21)18(23)22-12-19(6-8-24-9-7-19)17-3-2-10-25-17/h2-5,10-11,20H,6-9,12,21H2,1H3,(H,22,23). The van der Waals surface area contributed by atoms with Gasteiger partial charge in [-0.2, -0.15) is 0 Å². The van der Waals surface area contributed by atoms with Crippen molar-refractivity contribution in [3.05, 3.63) is 51.7 Å². The lowest BCUT2D eigenvalue weighted by atomic mass is 9.78. The fourth-order valence-corrected chi connectivity index (χ4v) is 4.21. The zero-order valence-electron chi connectivity index (χ0n) is 14.3. The van der Waals surface area contributed by atoms with Crippen LogP contribution >= 0.6 is 11.3 Å². The van der Waals surface area contributed by atoms with Gasteiger partial charge in [0, 0.05) is 52.6 Å². The second kappa shape index (κ2) is 7.37. The molecular weight excluding hydrogens is 334 g/mol. The number of carbonyl (C=O) groups excluding carboxylic acids is 1. The summed E-state index contributed by atoms with van der Waals surface area (Å²) in [5, 5.41) is 12.9. The number of nitrogens with one attached hydrogen (secondary N) is 2. The Morgan fingerprint density at radius 2 is 2.12 bits per heavy atom. The summed E-state index contributed by atoms with van der Waals surface area (Å²) in [5.41, 5.74) is 7.83. The first-order valence-electron chi connectivity index (χ1n) is 8.37. The molecule has 2 heterocycles. The largest absolute Gasteiger partial charge is 0.398 e. The number of nitrogens with two attached hydrogens (primary N) is 1. The first-order chi connectivity index (χ1) is 12.0. The summed E-state index contributed by atoms with van der Waals surface area (Å²) in [6.45, 7) is 3.68. The number of amides is 1. The number of anilines is 1. The van der Waals surface area contributed by atoms with Gasteiger partial charge in [0.2, 0.25) is 0 Å². The van der Waals surface area contributed by atoms with E-state index in [1.54, 1.807) is 36.5 Å². The van der Waals surface area contributed by atoms with Crippen LogP contribution in [-0.2, 0) is 10.2 Å². The molecule has 0 saturated carbocycles. The molecular formula is C19H23N3O2S. The topological polar surface area (TPSA) is 88.2 Å². The fraction of sp³-hybridized carbons (Fsp3) is 0.368. The van der Waals surface area contributed by atoms with Crippen LogP contribution in [0.3, 0.4) is 0 Å². The first-order valence-corrected chi connectivity index (χ1v) is 9.25. The lowest BCUT2D eigenvalue weighted by molar-refractivity contribution is 0.0499. The van der Waals surface area contributed by atoms with Crippen LogP contribution in [-0.4, -0.2) is 31.4 Å². The molecule has 132 valence electrons. The summed E-state index contributed by atoms with van der Waals surface area (Å²) in [6, 6.07) is 9.28. The quantitative estimate of drug-likeness (QED) is 0.567. The Hall–Kier alpha value is -2.18. The average molecular weight is 357 g/mol. The lowest BCUT2D eigenvalue weighted by Crippen LogP contribution is -2.44. The first kappa shape index (κ1) is 17.6. The fourth-order valence-electron chi connectivity index (χ4n) is 3.23. The van der Waals surface area contributed by atoms with Crippen LogP contribution in [0.2, 0.25) is 0 Å². The van der Waals surface area contributed by atoms with E-state index in [1.807, 2.05) is 0 Å². The number of ether oxygens (including phenoxy) is 1. The van der Waals surface area contributed by atoms with E-state index in [4.69, 9.17) is 15.9 Å². The number of benzene rings is 1. The number of thiophene rings is 1. The van der Waals surface area contributed by atoms with Gasteiger partial charge >= 0.3 is 0 Å². The van der Waals surface area contributed by atoms with Gasteiger partial charge in [-0.05, 0) is 49.4 Å². The van der Waals surface area contributed by atoms with Gasteiger partial charge in [0.05, 0.1) is 0 Å². The Labute approximate surface area is 151 Å². The number of hydrogen-bond donors (Lipinski definition) is 3. The Bertz CT molecular complexity index is 765. The average Bonchev–Trinajstić information content (AvgIpc) is 3.16. The van der Waals surface area contributed by atoms with Gasteiger partial charge in [-0.3, -0.25) is 4.79 Å². The molecule has 0 atom stereocenters. The van der Waals surface area contributed by atoms with Gasteiger partial charge in [0.25, 0.3) is 5.91 Å². The zero-order valence-corrected chi connectivity index (χ0v) is 15.1. The Morgan fingerprint density at radius 3 is 2.76 bits per heavy atom. The third kappa shape index (κ3) is 3.75. The summed E-state index contributed by atoms with van der Waals surface area (Å²) >= 11 is 1.73. The predicted octanol–water partition coefficient (Wildman–Crippen LogP) is 3.20. The van der Waals surface area contributed by atoms with Gasteiger partial charge < -0.3 is 21.2 Å². The molecule has 1 aliphatic heterocycles. The molecule has 0 radical (unpaired) electrons. The van der Waals surface area contributed by atoms with Crippen LogP contribution < -0.4 is 11.1 Å². The van der Waals surface area contributed by atoms with Crippen LogP contribution in [0, 0.1) is 5.41 Å². The Morgan fingerprint density at radius 1 is 1.36 bits per heavy atom. The van der Waals surface area contributed by atoms with Crippen molar-refractivity contribution in [1.29, 1.82) is 5.41 Å². The van der Waals surface area contributed by atoms with Crippen LogP contribution in [0.25, 0.3) is 0 Å². The van der Waals surface area contributed by atoms with Crippen molar-refractivity contribution < 1.29 is 9.53 Å². The van der Waals surface area contributed by atoms with Crippen molar-refractivity contribution in [2.24, 2.45) is 0 Å². The third-order valence-corrected chi connectivity index (χ3v) is 5.92. The highest BCUT2D eigenvalue weighted by Gasteiger charge is 2.35. The second-order valence-corrected chi connectivity index (χ2v) is 7.43. The molecule has 6 heteroatoms. The number of rotatable bonds is 5. The highest BCUT2D eigenvalue weighted by atomic mass is 32.1. The molecule has 5 nitrogen and oxygen atoms in total. The van der Waals surface area contributed by atoms with E-state index in [2.05, 4.69) is 22.8 Å². The SMILES string of the molecule is CC(=N)c1cc(C(=O)NCC2(c3cccs3)CCOCC2)ccc1N. The molecule has 1 amide bonds. The van der Waals surface area contributed by atoms with E-state index in [1.165, 1.54) is 4.88 Å². The normalized spacial score (nSPS) is 16.4. The van der Waals surface area contributed by atoms with Crippen molar-refractivity contribution in [3.8, 4) is 0 Å². The monoisotopic (exact) mass is 357 g/mol. The number of nitrogen functional groups attached to an aromatic ring is 1. The molecule has 25 heavy (non-hydrogen) atoms. The number of hydrogen-bond acceptors (Lipinski definition) is 5. The molecule has 1 aromatic heterocycles. The molecule has 1 aromatic carbocycles. The molecule has 0 spiro atoms. The van der Waals surface area contributed by atoms with Crippen LogP contribution in [0.4, 0.5) is 5.69 Å². The van der Waals surface area contributed by atoms with Crippen molar-refractivity contribution in [2.45, 2.75) is 25.2 Å². The van der Waals surface area contributed by atoms with Gasteiger partial charge in [-0.1, -0.05) is 6.07 Å². The summed E-state index contributed by atoms with van der Waals surface area (Å²) in [7, 11) is 0. The molecule has 0 bridgehead atoms. The van der Waals surface area contributed by atoms with Crippen molar-refractivity contribution >= 4 is 28.6 Å². The minimum atomic E-state index is -0.134. The van der Waals surface area contributed by atoms with E-state index >= 15 is 0 Å². The maximum Gasteiger partial charge on any atom is 0.251 e. The molecule has 1 fully saturated rings. The van der Waals surface area contributed by atoms with E-state index in [0.717, 1.165) is 12.8 Å². The molecule has 2 aromatic rings. The summed E-state index contributed by atoms with van der Waals surface area (Å²) in [5.74, 6) is -0.134. The maximum absolute atomic E-state index is 12.6. The van der Waals surface area contributed by atoms with E-state index < -0.39 is 0 Å². The van der Waals surface area contributed by atoms with Crippen LogP contribution in [0.1, 0.15) is 40.6 Å². The smallest absolute Gasteiger partial charge is 0.251 e. The highest BCUT2D eigenvalue weighted by molar-refractivity contribution is 7.10. The van der Waals surface area contributed by atoms with E-state index in [-0.39, 0.29) is 11.3 Å². The third-order valence-electron chi connectivity index (χ3n) is 4.80. The minimum absolute atomic E-state index is 0.0593. The summed E-state index contributed by atoms with van der Waals surface area (Å²) < 4.78 is 5.52. The second-order valence-electron chi connectivity index (χ2n) is 6.48. The van der Waals surface area contributed by atoms with Crippen molar-refractivity contribution in [1.82, 2.24) is 5.32 Å². The van der Waals surface area contributed by atoms with Crippen molar-refractivity contribution in [3.63, 3.8) is 0 Å². The predicted molar refractivity (Wildman–Crippen MR) is 102 cm³/mol. The van der Waals surface area contributed by atoms with Crippen molar-refractivity contribution in [2.75, 3.05) is 25.5 Å². The van der Waals surface area contributed by atoms with Crippen LogP contribution in [0.15, 0.2) is 35.7 Å². The molecule has 0 aliphatic carbocycles.